The molecule has 0 saturated heterocycles. The van der Waals surface area contributed by atoms with Crippen molar-refractivity contribution in [1.29, 1.82) is 0 Å². The van der Waals surface area contributed by atoms with Gasteiger partial charge in [-0.25, -0.2) is 13.1 Å². The number of nitrogens with zero attached hydrogens (tertiary/aromatic N) is 1. The molecule has 0 fully saturated rings. The van der Waals surface area contributed by atoms with Crippen molar-refractivity contribution in [3.8, 4) is 11.3 Å². The number of benzene rings is 1. The summed E-state index contributed by atoms with van der Waals surface area (Å²) in [5.74, 6) is 0.682. The molecule has 0 saturated carbocycles. The molecule has 0 aliphatic heterocycles. The summed E-state index contributed by atoms with van der Waals surface area (Å²) < 4.78 is 34.3. The van der Waals surface area contributed by atoms with E-state index in [1.807, 2.05) is 44.4 Å². The van der Waals surface area contributed by atoms with Gasteiger partial charge in [0.2, 0.25) is 10.0 Å². The number of nitrogens with one attached hydrogen (secondary N) is 1. The van der Waals surface area contributed by atoms with Crippen molar-refractivity contribution in [2.75, 3.05) is 0 Å². The van der Waals surface area contributed by atoms with E-state index < -0.39 is 10.0 Å². The Morgan fingerprint density at radius 1 is 1.15 bits per heavy atom. The molecule has 1 atom stereocenters. The fourth-order valence-corrected chi connectivity index (χ4v) is 5.42. The van der Waals surface area contributed by atoms with Crippen LogP contribution < -0.4 is 4.72 Å². The SMILES string of the molecule is Cc1cc(-c2ccc(C)c(S(=O)(=O)N[C@H](c3cccs3)C(C)C)c2)on1. The molecule has 3 aromatic rings. The van der Waals surface area contributed by atoms with Gasteiger partial charge in [0.05, 0.1) is 16.6 Å². The quantitative estimate of drug-likeness (QED) is 0.662. The van der Waals surface area contributed by atoms with Crippen LogP contribution in [-0.4, -0.2) is 13.6 Å². The van der Waals surface area contributed by atoms with Crippen molar-refractivity contribution < 1.29 is 12.9 Å². The van der Waals surface area contributed by atoms with E-state index in [0.29, 0.717) is 16.9 Å². The summed E-state index contributed by atoms with van der Waals surface area (Å²) in [6, 6.07) is 10.7. The minimum atomic E-state index is -3.69. The zero-order chi connectivity index (χ0) is 18.9. The summed E-state index contributed by atoms with van der Waals surface area (Å²) in [6.07, 6.45) is 0. The summed E-state index contributed by atoms with van der Waals surface area (Å²) in [4.78, 5) is 1.26. The number of rotatable bonds is 6. The summed E-state index contributed by atoms with van der Waals surface area (Å²) in [6.45, 7) is 7.63. The normalized spacial score (nSPS) is 13.3. The predicted molar refractivity (Wildman–Crippen MR) is 104 cm³/mol. The first-order chi connectivity index (χ1) is 12.3. The first-order valence-corrected chi connectivity index (χ1v) is 10.7. The van der Waals surface area contributed by atoms with Crippen LogP contribution in [0.4, 0.5) is 0 Å². The Labute approximate surface area is 158 Å². The fourth-order valence-electron chi connectivity index (χ4n) is 2.76. The van der Waals surface area contributed by atoms with Crippen LogP contribution in [-0.2, 0) is 10.0 Å². The van der Waals surface area contributed by atoms with Gasteiger partial charge in [0.1, 0.15) is 0 Å². The van der Waals surface area contributed by atoms with Crippen molar-refractivity contribution in [2.24, 2.45) is 5.92 Å². The molecule has 0 aliphatic rings. The molecule has 5 nitrogen and oxygen atoms in total. The van der Waals surface area contributed by atoms with Crippen molar-refractivity contribution in [3.63, 3.8) is 0 Å². The number of aryl methyl sites for hydroxylation is 2. The van der Waals surface area contributed by atoms with Crippen molar-refractivity contribution in [2.45, 2.75) is 38.6 Å². The smallest absolute Gasteiger partial charge is 0.241 e. The molecule has 2 heterocycles. The lowest BCUT2D eigenvalue weighted by Gasteiger charge is -2.22. The maximum Gasteiger partial charge on any atom is 0.241 e. The van der Waals surface area contributed by atoms with Crippen LogP contribution in [0.3, 0.4) is 0 Å². The molecule has 0 spiro atoms. The molecule has 0 aliphatic carbocycles. The zero-order valence-electron chi connectivity index (χ0n) is 15.2. The standard InChI is InChI=1S/C19H22N2O3S2/c1-12(2)19(17-6-5-9-25-17)21-26(22,23)18-11-15(8-7-13(18)3)16-10-14(4)20-24-16/h5-12,19,21H,1-4H3/t19-/m0/s1. The van der Waals surface area contributed by atoms with Gasteiger partial charge in [-0.05, 0) is 42.8 Å². The van der Waals surface area contributed by atoms with E-state index in [1.165, 1.54) is 0 Å². The summed E-state index contributed by atoms with van der Waals surface area (Å²) in [5, 5.41) is 5.83. The number of hydrogen-bond donors (Lipinski definition) is 1. The van der Waals surface area contributed by atoms with Gasteiger partial charge in [-0.3, -0.25) is 0 Å². The van der Waals surface area contributed by atoms with Gasteiger partial charge in [0.25, 0.3) is 0 Å². The van der Waals surface area contributed by atoms with Gasteiger partial charge in [-0.1, -0.05) is 37.2 Å². The van der Waals surface area contributed by atoms with Crippen LogP contribution in [0.15, 0.2) is 51.2 Å². The molecule has 1 aromatic carbocycles. The third kappa shape index (κ3) is 3.90. The lowest BCUT2D eigenvalue weighted by Crippen LogP contribution is -2.31. The second-order valence-electron chi connectivity index (χ2n) is 6.67. The van der Waals surface area contributed by atoms with E-state index in [0.717, 1.165) is 10.6 Å². The third-order valence-corrected chi connectivity index (χ3v) is 6.73. The minimum Gasteiger partial charge on any atom is -0.356 e. The number of aromatic nitrogens is 1. The Bertz CT molecular complexity index is 990. The lowest BCUT2D eigenvalue weighted by atomic mass is 10.0. The minimum absolute atomic E-state index is 0.129. The molecule has 0 amide bonds. The molecule has 1 N–H and O–H groups in total. The second-order valence-corrected chi connectivity index (χ2v) is 9.33. The molecule has 0 unspecified atom stereocenters. The fraction of sp³-hybridized carbons (Fsp3) is 0.316. The summed E-state index contributed by atoms with van der Waals surface area (Å²) in [5.41, 5.74) is 2.13. The molecule has 7 heteroatoms. The monoisotopic (exact) mass is 390 g/mol. The van der Waals surface area contributed by atoms with E-state index in [2.05, 4.69) is 9.88 Å². The molecular weight excluding hydrogens is 368 g/mol. The molecule has 0 bridgehead atoms. The molecule has 26 heavy (non-hydrogen) atoms. The van der Waals surface area contributed by atoms with Crippen molar-refractivity contribution in [3.05, 3.63) is 57.9 Å². The zero-order valence-corrected chi connectivity index (χ0v) is 16.8. The Balaban J connectivity index is 1.98. The van der Waals surface area contributed by atoms with E-state index in [9.17, 15) is 8.42 Å². The highest BCUT2D eigenvalue weighted by Crippen LogP contribution is 2.30. The molecule has 0 radical (unpaired) electrons. The Morgan fingerprint density at radius 2 is 1.92 bits per heavy atom. The van der Waals surface area contributed by atoms with E-state index >= 15 is 0 Å². The van der Waals surface area contributed by atoms with Gasteiger partial charge >= 0.3 is 0 Å². The van der Waals surface area contributed by atoms with Gasteiger partial charge < -0.3 is 4.52 Å². The molecule has 3 rings (SSSR count). The topological polar surface area (TPSA) is 72.2 Å². The number of sulfonamides is 1. The molecular formula is C19H22N2O3S2. The van der Waals surface area contributed by atoms with Crippen molar-refractivity contribution in [1.82, 2.24) is 9.88 Å². The average molecular weight is 391 g/mol. The summed E-state index contributed by atoms with van der Waals surface area (Å²) >= 11 is 1.55. The first-order valence-electron chi connectivity index (χ1n) is 8.38. The van der Waals surface area contributed by atoms with Gasteiger partial charge in [-0.15, -0.1) is 11.3 Å². The lowest BCUT2D eigenvalue weighted by molar-refractivity contribution is 0.427. The maximum atomic E-state index is 13.1. The third-order valence-electron chi connectivity index (χ3n) is 4.19. The Morgan fingerprint density at radius 3 is 2.50 bits per heavy atom. The maximum absolute atomic E-state index is 13.1. The molecule has 138 valence electrons. The summed E-state index contributed by atoms with van der Waals surface area (Å²) in [7, 11) is -3.69. The van der Waals surface area contributed by atoms with Crippen LogP contribution >= 0.6 is 11.3 Å². The molecule has 2 aromatic heterocycles. The van der Waals surface area contributed by atoms with Crippen LogP contribution in [0.1, 0.15) is 36.0 Å². The van der Waals surface area contributed by atoms with E-state index in [-0.39, 0.29) is 16.9 Å². The largest absolute Gasteiger partial charge is 0.356 e. The Kier molecular flexibility index (Phi) is 5.32. The number of hydrogen-bond acceptors (Lipinski definition) is 5. The van der Waals surface area contributed by atoms with Gasteiger partial charge in [0.15, 0.2) is 5.76 Å². The van der Waals surface area contributed by atoms with Crippen LogP contribution in [0, 0.1) is 19.8 Å². The van der Waals surface area contributed by atoms with Crippen LogP contribution in [0.2, 0.25) is 0 Å². The Hall–Kier alpha value is -1.96. The highest BCUT2D eigenvalue weighted by molar-refractivity contribution is 7.89. The highest BCUT2D eigenvalue weighted by atomic mass is 32.2. The first kappa shape index (κ1) is 18.8. The second kappa shape index (κ2) is 7.34. The predicted octanol–water partition coefficient (Wildman–Crippen LogP) is 4.70. The average Bonchev–Trinajstić information content (AvgIpc) is 3.24. The van der Waals surface area contributed by atoms with Crippen LogP contribution in [0.25, 0.3) is 11.3 Å². The van der Waals surface area contributed by atoms with Crippen LogP contribution in [0.5, 0.6) is 0 Å². The number of thiophene rings is 1. The van der Waals surface area contributed by atoms with Crippen molar-refractivity contribution >= 4 is 21.4 Å². The van der Waals surface area contributed by atoms with E-state index in [4.69, 9.17) is 4.52 Å². The van der Waals surface area contributed by atoms with Gasteiger partial charge in [-0.2, -0.15) is 0 Å². The van der Waals surface area contributed by atoms with E-state index in [1.54, 1.807) is 36.5 Å². The van der Waals surface area contributed by atoms with Gasteiger partial charge in [0, 0.05) is 16.5 Å². The highest BCUT2D eigenvalue weighted by Gasteiger charge is 2.26.